The summed E-state index contributed by atoms with van der Waals surface area (Å²) in [5.74, 6) is -0.201. The second-order valence-corrected chi connectivity index (χ2v) is 7.44. The molecule has 0 saturated heterocycles. The van der Waals surface area contributed by atoms with Crippen LogP contribution in [0.1, 0.15) is 20.7 Å². The van der Waals surface area contributed by atoms with Crippen LogP contribution in [0.2, 0.25) is 0 Å². The SMILES string of the molecule is O=C(Oc1ccc(Oc2ccc(OC(=O)c3cccc([N+](=O)[O-])c3)cc2)cc1)c1cccc([N+](=O)[O-])c1. The molecule has 0 aliphatic carbocycles. The Balaban J connectivity index is 1.34. The van der Waals surface area contributed by atoms with Gasteiger partial charge < -0.3 is 14.2 Å². The molecule has 37 heavy (non-hydrogen) atoms. The maximum Gasteiger partial charge on any atom is 0.343 e. The van der Waals surface area contributed by atoms with E-state index in [1.807, 2.05) is 0 Å². The number of hydrogen-bond donors (Lipinski definition) is 0. The van der Waals surface area contributed by atoms with Crippen molar-refractivity contribution in [2.45, 2.75) is 0 Å². The van der Waals surface area contributed by atoms with Crippen molar-refractivity contribution in [1.29, 1.82) is 0 Å². The molecule has 0 spiro atoms. The van der Waals surface area contributed by atoms with Crippen LogP contribution in [0, 0.1) is 20.2 Å². The fourth-order valence-corrected chi connectivity index (χ4v) is 3.11. The van der Waals surface area contributed by atoms with Gasteiger partial charge in [0.05, 0.1) is 21.0 Å². The molecule has 4 aromatic rings. The third-order valence-corrected chi connectivity index (χ3v) is 4.89. The second kappa shape index (κ2) is 10.8. The molecule has 0 bridgehead atoms. The van der Waals surface area contributed by atoms with E-state index in [1.54, 1.807) is 24.3 Å². The molecule has 0 saturated carbocycles. The topological polar surface area (TPSA) is 148 Å². The summed E-state index contributed by atoms with van der Waals surface area (Å²) < 4.78 is 16.2. The van der Waals surface area contributed by atoms with Gasteiger partial charge in [-0.2, -0.15) is 0 Å². The summed E-state index contributed by atoms with van der Waals surface area (Å²) in [5.41, 5.74) is -0.354. The summed E-state index contributed by atoms with van der Waals surface area (Å²) in [4.78, 5) is 45.1. The van der Waals surface area contributed by atoms with E-state index in [-0.39, 0.29) is 34.0 Å². The highest BCUT2D eigenvalue weighted by atomic mass is 16.6. The van der Waals surface area contributed by atoms with Crippen molar-refractivity contribution in [3.8, 4) is 23.0 Å². The molecule has 0 heterocycles. The first kappa shape index (κ1) is 24.5. The number of benzene rings is 4. The van der Waals surface area contributed by atoms with E-state index < -0.39 is 21.8 Å². The first-order valence-corrected chi connectivity index (χ1v) is 10.6. The molecule has 184 valence electrons. The van der Waals surface area contributed by atoms with Gasteiger partial charge in [-0.25, -0.2) is 9.59 Å². The van der Waals surface area contributed by atoms with E-state index in [9.17, 15) is 29.8 Å². The van der Waals surface area contributed by atoms with Crippen LogP contribution in [0.3, 0.4) is 0 Å². The zero-order valence-corrected chi connectivity index (χ0v) is 18.8. The standard InChI is InChI=1S/C26H16N2O9/c29-25(17-3-1-5-19(15-17)27(31)32)36-23-11-7-21(8-12-23)35-22-9-13-24(14-10-22)37-26(30)18-4-2-6-20(16-18)28(33)34/h1-16H. The van der Waals surface area contributed by atoms with Gasteiger partial charge >= 0.3 is 11.9 Å². The van der Waals surface area contributed by atoms with Crippen molar-refractivity contribution >= 4 is 23.3 Å². The number of hydrogen-bond acceptors (Lipinski definition) is 9. The van der Waals surface area contributed by atoms with Crippen LogP contribution in [-0.4, -0.2) is 21.8 Å². The Hall–Kier alpha value is -5.58. The molecule has 0 aliphatic heterocycles. The Kier molecular flexibility index (Phi) is 7.15. The van der Waals surface area contributed by atoms with Crippen molar-refractivity contribution in [2.75, 3.05) is 0 Å². The first-order valence-electron chi connectivity index (χ1n) is 10.6. The van der Waals surface area contributed by atoms with Crippen molar-refractivity contribution in [2.24, 2.45) is 0 Å². The molecule has 0 atom stereocenters. The lowest BCUT2D eigenvalue weighted by molar-refractivity contribution is -0.385. The third-order valence-electron chi connectivity index (χ3n) is 4.89. The molecule has 4 aromatic carbocycles. The van der Waals surface area contributed by atoms with E-state index in [2.05, 4.69) is 0 Å². The van der Waals surface area contributed by atoms with Crippen molar-refractivity contribution in [1.82, 2.24) is 0 Å². The quantitative estimate of drug-likeness (QED) is 0.128. The van der Waals surface area contributed by atoms with Gasteiger partial charge in [-0.15, -0.1) is 0 Å². The first-order chi connectivity index (χ1) is 17.8. The molecule has 0 unspecified atom stereocenters. The van der Waals surface area contributed by atoms with Gasteiger partial charge in [0.2, 0.25) is 0 Å². The Labute approximate surface area is 208 Å². The molecule has 0 fully saturated rings. The lowest BCUT2D eigenvalue weighted by atomic mass is 10.2. The average Bonchev–Trinajstić information content (AvgIpc) is 2.91. The number of esters is 2. The Morgan fingerprint density at radius 3 is 1.24 bits per heavy atom. The molecular formula is C26H16N2O9. The lowest BCUT2D eigenvalue weighted by Gasteiger charge is -2.09. The number of rotatable bonds is 8. The minimum Gasteiger partial charge on any atom is -0.457 e. The van der Waals surface area contributed by atoms with Crippen molar-refractivity contribution < 1.29 is 33.6 Å². The molecule has 0 aliphatic rings. The number of nitrogens with zero attached hydrogens (tertiary/aromatic N) is 2. The van der Waals surface area contributed by atoms with Crippen LogP contribution in [0.5, 0.6) is 23.0 Å². The molecule has 4 rings (SSSR count). The summed E-state index contributed by atoms with van der Waals surface area (Å²) in [6.07, 6.45) is 0. The second-order valence-electron chi connectivity index (χ2n) is 7.44. The zero-order chi connectivity index (χ0) is 26.4. The smallest absolute Gasteiger partial charge is 0.343 e. The summed E-state index contributed by atoms with van der Waals surface area (Å²) in [7, 11) is 0. The fourth-order valence-electron chi connectivity index (χ4n) is 3.11. The van der Waals surface area contributed by atoms with Crippen LogP contribution in [0.25, 0.3) is 0 Å². The summed E-state index contributed by atoms with van der Waals surface area (Å²) in [6.45, 7) is 0. The van der Waals surface area contributed by atoms with Crippen LogP contribution in [0.15, 0.2) is 97.1 Å². The van der Waals surface area contributed by atoms with Gasteiger partial charge in [0.25, 0.3) is 11.4 Å². The molecule has 0 N–H and O–H groups in total. The van der Waals surface area contributed by atoms with Gasteiger partial charge in [0.1, 0.15) is 23.0 Å². The number of carbonyl (C=O) groups excluding carboxylic acids is 2. The van der Waals surface area contributed by atoms with Gasteiger partial charge in [-0.05, 0) is 60.7 Å². The minimum absolute atomic E-state index is 0.0424. The maximum absolute atomic E-state index is 12.3. The predicted octanol–water partition coefficient (Wildman–Crippen LogP) is 5.73. The fraction of sp³-hybridized carbons (Fsp3) is 0. The van der Waals surface area contributed by atoms with Gasteiger partial charge in [-0.3, -0.25) is 20.2 Å². The largest absolute Gasteiger partial charge is 0.457 e. The van der Waals surface area contributed by atoms with Crippen LogP contribution >= 0.6 is 0 Å². The van der Waals surface area contributed by atoms with Gasteiger partial charge in [-0.1, -0.05) is 12.1 Å². The third kappa shape index (κ3) is 6.31. The Morgan fingerprint density at radius 2 is 0.892 bits per heavy atom. The maximum atomic E-state index is 12.3. The van der Waals surface area contributed by atoms with Crippen molar-refractivity contribution in [3.05, 3.63) is 128 Å². The Morgan fingerprint density at radius 1 is 0.541 bits per heavy atom. The number of ether oxygens (including phenoxy) is 3. The average molecular weight is 500 g/mol. The summed E-state index contributed by atoms with van der Waals surface area (Å²) in [5, 5.41) is 21.7. The normalized spacial score (nSPS) is 10.3. The Bertz CT molecular complexity index is 1370. The molecule has 11 heteroatoms. The molecule has 0 radical (unpaired) electrons. The molecule has 0 amide bonds. The van der Waals surface area contributed by atoms with Gasteiger partial charge in [0, 0.05) is 24.3 Å². The predicted molar refractivity (Wildman–Crippen MR) is 129 cm³/mol. The number of carbonyl (C=O) groups is 2. The number of nitro groups is 2. The summed E-state index contributed by atoms with van der Waals surface area (Å²) >= 11 is 0. The van der Waals surface area contributed by atoms with Crippen LogP contribution in [0.4, 0.5) is 11.4 Å². The monoisotopic (exact) mass is 500 g/mol. The summed E-state index contributed by atoms with van der Waals surface area (Å²) in [6, 6.07) is 22.7. The zero-order valence-electron chi connectivity index (χ0n) is 18.8. The highest BCUT2D eigenvalue weighted by molar-refractivity contribution is 5.92. The van der Waals surface area contributed by atoms with Crippen LogP contribution < -0.4 is 14.2 Å². The van der Waals surface area contributed by atoms with E-state index in [0.717, 1.165) is 12.1 Å². The van der Waals surface area contributed by atoms with E-state index >= 15 is 0 Å². The highest BCUT2D eigenvalue weighted by Crippen LogP contribution is 2.27. The molecule has 0 aromatic heterocycles. The number of non-ortho nitro benzene ring substituents is 2. The van der Waals surface area contributed by atoms with Crippen molar-refractivity contribution in [3.63, 3.8) is 0 Å². The highest BCUT2D eigenvalue weighted by Gasteiger charge is 2.15. The van der Waals surface area contributed by atoms with E-state index in [4.69, 9.17) is 14.2 Å². The lowest BCUT2D eigenvalue weighted by Crippen LogP contribution is -2.08. The van der Waals surface area contributed by atoms with Gasteiger partial charge in [0.15, 0.2) is 0 Å². The molecular weight excluding hydrogens is 484 g/mol. The number of nitro benzene ring substituents is 2. The van der Waals surface area contributed by atoms with Crippen LogP contribution in [-0.2, 0) is 0 Å². The van der Waals surface area contributed by atoms with E-state index in [0.29, 0.717) is 11.5 Å². The van der Waals surface area contributed by atoms with E-state index in [1.165, 1.54) is 60.7 Å². The molecule has 11 nitrogen and oxygen atoms in total. The minimum atomic E-state index is -0.743.